The molecule has 4 aromatic rings. The lowest BCUT2D eigenvalue weighted by atomic mass is 9.95. The minimum Gasteiger partial charge on any atom is -0.507 e. The monoisotopic (exact) mass is 640 g/mol. The zero-order chi connectivity index (χ0) is 32.8. The number of carbonyl (C=O) groups is 3. The van der Waals surface area contributed by atoms with E-state index < -0.39 is 23.7 Å². The fraction of sp³-hybridized carbons (Fsp3) is 0.278. The van der Waals surface area contributed by atoms with Crippen molar-refractivity contribution >= 4 is 39.9 Å². The molecule has 1 N–H and O–H groups in total. The normalized spacial score (nSPS) is 15.8. The van der Waals surface area contributed by atoms with Crippen molar-refractivity contribution in [2.75, 3.05) is 18.1 Å². The van der Waals surface area contributed by atoms with Gasteiger partial charge in [0, 0.05) is 5.56 Å². The Morgan fingerprint density at radius 1 is 0.978 bits per heavy atom. The maximum absolute atomic E-state index is 13.7. The Kier molecular flexibility index (Phi) is 10.2. The summed E-state index contributed by atoms with van der Waals surface area (Å²) in [5.74, 6) is -0.813. The fourth-order valence-corrected chi connectivity index (χ4v) is 5.89. The van der Waals surface area contributed by atoms with E-state index in [1.165, 1.54) is 4.90 Å². The standard InChI is InChI=1S/C36H36N2O7S/c1-5-6-19-43-26-17-15-24(16-18-26)31(39)29-30(25-11-10-14-28(20-25)45-27-12-8-7-9-13-27)38(34(41)32(29)40)36-37-23(4)33(46-36)35(42)44-21-22(2)3/h7-18,20,22,30,39H,5-6,19,21H2,1-4H3. The molecule has 9 nitrogen and oxygen atoms in total. The number of aliphatic hydroxyl groups is 1. The predicted molar refractivity (Wildman–Crippen MR) is 177 cm³/mol. The number of thiazole rings is 1. The van der Waals surface area contributed by atoms with Gasteiger partial charge in [0.25, 0.3) is 5.78 Å². The van der Waals surface area contributed by atoms with Crippen molar-refractivity contribution in [3.63, 3.8) is 0 Å². The summed E-state index contributed by atoms with van der Waals surface area (Å²) in [6, 6.07) is 21.8. The third-order valence-corrected chi connectivity index (χ3v) is 8.35. The van der Waals surface area contributed by atoms with Crippen molar-refractivity contribution in [3.8, 4) is 17.2 Å². The highest BCUT2D eigenvalue weighted by Crippen LogP contribution is 2.45. The number of ketones is 1. The molecule has 1 aliphatic heterocycles. The van der Waals surface area contributed by atoms with Crippen LogP contribution in [0.25, 0.3) is 5.76 Å². The molecule has 238 valence electrons. The van der Waals surface area contributed by atoms with Gasteiger partial charge in [0.2, 0.25) is 0 Å². The highest BCUT2D eigenvalue weighted by atomic mass is 32.1. The Labute approximate surface area is 272 Å². The molecule has 0 aliphatic carbocycles. The zero-order valence-corrected chi connectivity index (χ0v) is 27.0. The highest BCUT2D eigenvalue weighted by Gasteiger charge is 2.48. The average Bonchev–Trinajstić information content (AvgIpc) is 3.56. The molecule has 10 heteroatoms. The van der Waals surface area contributed by atoms with Crippen LogP contribution in [-0.4, -0.2) is 41.0 Å². The second-order valence-electron chi connectivity index (χ2n) is 11.3. The second-order valence-corrected chi connectivity index (χ2v) is 12.3. The van der Waals surface area contributed by atoms with Crippen LogP contribution in [0.3, 0.4) is 0 Å². The molecular formula is C36H36N2O7S. The number of aryl methyl sites for hydroxylation is 1. The summed E-state index contributed by atoms with van der Waals surface area (Å²) in [6.07, 6.45) is 1.90. The van der Waals surface area contributed by atoms with Gasteiger partial charge < -0.3 is 19.3 Å². The number of rotatable bonds is 12. The number of aliphatic hydroxyl groups excluding tert-OH is 1. The van der Waals surface area contributed by atoms with E-state index in [9.17, 15) is 19.5 Å². The first-order valence-corrected chi connectivity index (χ1v) is 16.0. The van der Waals surface area contributed by atoms with Gasteiger partial charge in [0.05, 0.1) is 30.5 Å². The number of aromatic nitrogens is 1. The quantitative estimate of drug-likeness (QED) is 0.0547. The molecule has 0 saturated carbocycles. The Balaban J connectivity index is 1.58. The number of hydrogen-bond acceptors (Lipinski definition) is 9. The molecule has 0 spiro atoms. The van der Waals surface area contributed by atoms with Gasteiger partial charge in [-0.2, -0.15) is 0 Å². The number of unbranched alkanes of at least 4 members (excludes halogenated alkanes) is 1. The summed E-state index contributed by atoms with van der Waals surface area (Å²) < 4.78 is 17.2. The number of carbonyl (C=O) groups excluding carboxylic acids is 3. The number of para-hydroxylation sites is 1. The van der Waals surface area contributed by atoms with Crippen LogP contribution in [0.1, 0.15) is 66.1 Å². The summed E-state index contributed by atoms with van der Waals surface area (Å²) in [7, 11) is 0. The number of amides is 1. The van der Waals surface area contributed by atoms with Crippen molar-refractivity contribution in [3.05, 3.63) is 106 Å². The zero-order valence-electron chi connectivity index (χ0n) is 26.2. The minimum atomic E-state index is -1.06. The van der Waals surface area contributed by atoms with Crippen LogP contribution in [0.15, 0.2) is 84.4 Å². The molecule has 1 amide bonds. The molecule has 2 heterocycles. The first-order chi connectivity index (χ1) is 22.2. The van der Waals surface area contributed by atoms with Gasteiger partial charge in [-0.1, -0.05) is 68.9 Å². The van der Waals surface area contributed by atoms with Crippen molar-refractivity contribution in [1.29, 1.82) is 0 Å². The first-order valence-electron chi connectivity index (χ1n) is 15.2. The summed E-state index contributed by atoms with van der Waals surface area (Å²) in [4.78, 5) is 46.3. The Hall–Kier alpha value is -4.96. The van der Waals surface area contributed by atoms with Gasteiger partial charge in [-0.3, -0.25) is 14.5 Å². The van der Waals surface area contributed by atoms with Crippen LogP contribution < -0.4 is 14.4 Å². The van der Waals surface area contributed by atoms with Gasteiger partial charge in [0.1, 0.15) is 27.9 Å². The van der Waals surface area contributed by atoms with Crippen LogP contribution in [0.2, 0.25) is 0 Å². The lowest BCUT2D eigenvalue weighted by Crippen LogP contribution is -2.29. The smallest absolute Gasteiger partial charge is 0.350 e. The van der Waals surface area contributed by atoms with E-state index in [2.05, 4.69) is 11.9 Å². The van der Waals surface area contributed by atoms with Crippen molar-refractivity contribution < 1.29 is 33.7 Å². The molecule has 0 bridgehead atoms. The highest BCUT2D eigenvalue weighted by molar-refractivity contribution is 7.17. The van der Waals surface area contributed by atoms with Crippen LogP contribution in [-0.2, 0) is 14.3 Å². The number of benzene rings is 3. The lowest BCUT2D eigenvalue weighted by Gasteiger charge is -2.23. The third-order valence-electron chi connectivity index (χ3n) is 7.22. The van der Waals surface area contributed by atoms with Crippen LogP contribution in [0, 0.1) is 12.8 Å². The van der Waals surface area contributed by atoms with E-state index >= 15 is 0 Å². The number of nitrogens with zero attached hydrogens (tertiary/aromatic N) is 2. The summed E-state index contributed by atoms with van der Waals surface area (Å²) >= 11 is 0.964. The van der Waals surface area contributed by atoms with Crippen molar-refractivity contribution in [2.24, 2.45) is 5.92 Å². The SMILES string of the molecule is CCCCOc1ccc(C(O)=C2C(=O)C(=O)N(c3nc(C)c(C(=O)OCC(C)C)s3)C2c2cccc(Oc3ccccc3)c2)cc1. The minimum absolute atomic E-state index is 0.113. The summed E-state index contributed by atoms with van der Waals surface area (Å²) in [6.45, 7) is 8.38. The van der Waals surface area contributed by atoms with Gasteiger partial charge in [-0.25, -0.2) is 9.78 Å². The van der Waals surface area contributed by atoms with E-state index in [1.807, 2.05) is 44.2 Å². The van der Waals surface area contributed by atoms with Crippen molar-refractivity contribution in [1.82, 2.24) is 4.98 Å². The van der Waals surface area contributed by atoms with Gasteiger partial charge >= 0.3 is 11.9 Å². The topological polar surface area (TPSA) is 115 Å². The molecule has 5 rings (SSSR count). The molecule has 1 unspecified atom stereocenters. The molecule has 1 atom stereocenters. The molecule has 3 aromatic carbocycles. The predicted octanol–water partition coefficient (Wildman–Crippen LogP) is 7.86. The lowest BCUT2D eigenvalue weighted by molar-refractivity contribution is -0.132. The summed E-state index contributed by atoms with van der Waals surface area (Å²) in [5, 5.41) is 11.7. The Morgan fingerprint density at radius 2 is 1.70 bits per heavy atom. The molecule has 46 heavy (non-hydrogen) atoms. The number of ether oxygens (including phenoxy) is 3. The maximum atomic E-state index is 13.7. The van der Waals surface area contributed by atoms with Crippen LogP contribution in [0.5, 0.6) is 17.2 Å². The number of Topliss-reactive ketones (excluding diaryl/α,β-unsaturated/α-hetero) is 1. The Bertz CT molecular complexity index is 1750. The van der Waals surface area contributed by atoms with E-state index in [-0.39, 0.29) is 33.9 Å². The number of esters is 1. The molecule has 1 saturated heterocycles. The first kappa shape index (κ1) is 32.4. The molecule has 1 aromatic heterocycles. The molecule has 0 radical (unpaired) electrons. The molecule has 1 fully saturated rings. The maximum Gasteiger partial charge on any atom is 0.350 e. The van der Waals surface area contributed by atoms with Crippen LogP contribution >= 0.6 is 11.3 Å². The van der Waals surface area contributed by atoms with Gasteiger partial charge in [-0.15, -0.1) is 0 Å². The molecule has 1 aliphatic rings. The van der Waals surface area contributed by atoms with Crippen molar-refractivity contribution in [2.45, 2.75) is 46.6 Å². The van der Waals surface area contributed by atoms with E-state index in [1.54, 1.807) is 55.5 Å². The van der Waals surface area contributed by atoms with Crippen LogP contribution in [0.4, 0.5) is 5.13 Å². The third kappa shape index (κ3) is 7.13. The van der Waals surface area contributed by atoms with E-state index in [4.69, 9.17) is 14.2 Å². The van der Waals surface area contributed by atoms with Gasteiger partial charge in [0.15, 0.2) is 5.13 Å². The van der Waals surface area contributed by atoms with E-state index in [0.29, 0.717) is 40.7 Å². The number of hydrogen-bond donors (Lipinski definition) is 1. The summed E-state index contributed by atoms with van der Waals surface area (Å²) in [5.41, 5.74) is 1.11. The second kappa shape index (κ2) is 14.4. The Morgan fingerprint density at radius 3 is 2.39 bits per heavy atom. The average molecular weight is 641 g/mol. The molecular weight excluding hydrogens is 604 g/mol. The largest absolute Gasteiger partial charge is 0.507 e. The van der Waals surface area contributed by atoms with E-state index in [0.717, 1.165) is 24.2 Å². The fourth-order valence-electron chi connectivity index (χ4n) is 4.90. The number of anilines is 1. The van der Waals surface area contributed by atoms with Gasteiger partial charge in [-0.05, 0) is 73.4 Å².